The van der Waals surface area contributed by atoms with Gasteiger partial charge in [0.2, 0.25) is 0 Å². The van der Waals surface area contributed by atoms with Gasteiger partial charge in [-0.15, -0.1) is 0 Å². The van der Waals surface area contributed by atoms with Crippen molar-refractivity contribution in [3.8, 4) is 22.3 Å². The smallest absolute Gasteiger partial charge is 0.184 e. The van der Waals surface area contributed by atoms with Crippen LogP contribution in [0.15, 0.2) is 291 Å². The Morgan fingerprint density at radius 3 is 1.43 bits per heavy atom. The van der Waals surface area contributed by atoms with Gasteiger partial charge < -0.3 is 9.80 Å². The molecule has 2 nitrogen and oxygen atoms in total. The molecule has 0 saturated heterocycles. The minimum atomic E-state index is -2.88. The summed E-state index contributed by atoms with van der Waals surface area (Å²) in [5, 5.41) is 5.50. The summed E-state index contributed by atoms with van der Waals surface area (Å²) in [7, 11) is -2.88. The molecule has 11 aromatic carbocycles. The van der Waals surface area contributed by atoms with E-state index in [1.807, 2.05) is 0 Å². The van der Waals surface area contributed by atoms with Crippen LogP contribution in [-0.4, -0.2) is 8.07 Å². The number of hydrogen-bond acceptors (Lipinski definition) is 2. The van der Waals surface area contributed by atoms with Crippen LogP contribution in [0.1, 0.15) is 22.3 Å². The van der Waals surface area contributed by atoms with E-state index in [9.17, 15) is 0 Å². The zero-order valence-corrected chi connectivity index (χ0v) is 39.6. The van der Waals surface area contributed by atoms with Gasteiger partial charge in [0.25, 0.3) is 0 Å². The normalized spacial score (nSPS) is 13.6. The lowest BCUT2D eigenvalue weighted by Crippen LogP contribution is -2.77. The first-order chi connectivity index (χ1) is 34.7. The van der Waals surface area contributed by atoms with E-state index in [-0.39, 0.29) is 0 Å². The molecular weight excluding hydrogens is 861 g/mol. The molecule has 0 bridgehead atoms. The molecular formula is C67H48N2Si. The van der Waals surface area contributed by atoms with Crippen LogP contribution in [-0.2, 0) is 5.41 Å². The topological polar surface area (TPSA) is 6.48 Å². The number of hydrogen-bond donors (Lipinski definition) is 0. The largest absolute Gasteiger partial charge is 0.311 e. The molecule has 13 rings (SSSR count). The number of fused-ring (bicyclic) bond motifs is 5. The van der Waals surface area contributed by atoms with Crippen LogP contribution in [0.25, 0.3) is 22.3 Å². The van der Waals surface area contributed by atoms with E-state index in [0.717, 1.165) is 22.7 Å². The molecule has 1 aliphatic heterocycles. The number of nitrogens with zero attached hydrogens (tertiary/aromatic N) is 2. The summed E-state index contributed by atoms with van der Waals surface area (Å²) >= 11 is 0. The standard InChI is InChI=1S/C67H48N2Si/c1-7-23-51(24-8-1)67(52-25-9-2-10-26-52)61-36-20-19-35-59(61)60-45-44-56(48-62(60)67)68(53-27-11-3-12-28-53)55-42-39-49(40-43-55)50-41-46-64-66(47-50)70(57-31-15-5-16-32-57,58-33-17-6-18-34-58)65-38-22-21-37-63(65)69(64)54-29-13-4-14-30-54/h1-48H. The molecule has 2 aliphatic rings. The molecule has 0 spiro atoms. The lowest BCUT2D eigenvalue weighted by Gasteiger charge is -2.45. The Kier molecular flexibility index (Phi) is 10.1. The molecule has 0 amide bonds. The van der Waals surface area contributed by atoms with E-state index in [1.165, 1.54) is 76.6 Å². The van der Waals surface area contributed by atoms with Crippen molar-refractivity contribution in [3.05, 3.63) is 313 Å². The Balaban J connectivity index is 0.981. The highest BCUT2D eigenvalue weighted by atomic mass is 28.3. The number of para-hydroxylation sites is 3. The monoisotopic (exact) mass is 908 g/mol. The minimum Gasteiger partial charge on any atom is -0.311 e. The Labute approximate surface area is 411 Å². The number of anilines is 6. The predicted octanol–water partition coefficient (Wildman–Crippen LogP) is 14.3. The summed E-state index contributed by atoms with van der Waals surface area (Å²) in [6.07, 6.45) is 0. The van der Waals surface area contributed by atoms with Crippen LogP contribution < -0.4 is 30.5 Å². The maximum atomic E-state index is 2.52. The molecule has 0 aromatic heterocycles. The molecule has 0 unspecified atom stereocenters. The summed E-state index contributed by atoms with van der Waals surface area (Å²) < 4.78 is 0. The van der Waals surface area contributed by atoms with Gasteiger partial charge in [-0.3, -0.25) is 0 Å². The van der Waals surface area contributed by atoms with E-state index < -0.39 is 13.5 Å². The Bertz CT molecular complexity index is 3560. The molecule has 0 saturated carbocycles. The second kappa shape index (κ2) is 17.1. The van der Waals surface area contributed by atoms with Crippen molar-refractivity contribution in [1.82, 2.24) is 0 Å². The van der Waals surface area contributed by atoms with Crippen LogP contribution in [0.2, 0.25) is 0 Å². The van der Waals surface area contributed by atoms with Gasteiger partial charge in [0.05, 0.1) is 5.41 Å². The maximum Gasteiger partial charge on any atom is 0.184 e. The molecule has 11 aromatic rings. The molecule has 1 aliphatic carbocycles. The Morgan fingerprint density at radius 2 is 0.786 bits per heavy atom. The van der Waals surface area contributed by atoms with Gasteiger partial charge in [0, 0.05) is 34.1 Å². The fourth-order valence-corrected chi connectivity index (χ4v) is 17.0. The van der Waals surface area contributed by atoms with Crippen molar-refractivity contribution >= 4 is 62.9 Å². The van der Waals surface area contributed by atoms with Gasteiger partial charge in [-0.25, -0.2) is 0 Å². The number of benzene rings is 11. The second-order valence-electron chi connectivity index (χ2n) is 18.4. The maximum absolute atomic E-state index is 2.88. The van der Waals surface area contributed by atoms with Crippen LogP contribution >= 0.6 is 0 Å². The van der Waals surface area contributed by atoms with Gasteiger partial charge in [-0.05, 0) is 126 Å². The zero-order valence-electron chi connectivity index (χ0n) is 38.6. The second-order valence-corrected chi connectivity index (χ2v) is 22.1. The van der Waals surface area contributed by atoms with E-state index in [0.29, 0.717) is 0 Å². The molecule has 1 heterocycles. The summed E-state index contributed by atoms with van der Waals surface area (Å²) in [5.74, 6) is 0. The first kappa shape index (κ1) is 41.4. The van der Waals surface area contributed by atoms with Gasteiger partial charge in [-0.2, -0.15) is 0 Å². The van der Waals surface area contributed by atoms with E-state index in [1.54, 1.807) is 0 Å². The highest BCUT2D eigenvalue weighted by Gasteiger charge is 2.49. The Hall–Kier alpha value is -8.76. The van der Waals surface area contributed by atoms with Gasteiger partial charge in [-0.1, -0.05) is 231 Å². The third-order valence-electron chi connectivity index (χ3n) is 14.8. The van der Waals surface area contributed by atoms with Gasteiger partial charge in [0.1, 0.15) is 0 Å². The summed E-state index contributed by atoms with van der Waals surface area (Å²) in [6.45, 7) is 0. The van der Waals surface area contributed by atoms with Crippen molar-refractivity contribution in [2.24, 2.45) is 0 Å². The summed E-state index contributed by atoms with van der Waals surface area (Å²) in [5.41, 5.74) is 16.4. The Morgan fingerprint density at radius 1 is 0.314 bits per heavy atom. The first-order valence-electron chi connectivity index (χ1n) is 24.3. The molecule has 70 heavy (non-hydrogen) atoms. The van der Waals surface area contributed by atoms with Crippen molar-refractivity contribution in [3.63, 3.8) is 0 Å². The SMILES string of the molecule is c1ccc(N(c2ccc(-c3ccc4c(c3)[Si](c3ccccc3)(c3ccccc3)c3ccccc3N4c3ccccc3)cc2)c2ccc3c(c2)C(c2ccccc2)(c2ccccc2)c2ccccc2-3)cc1. The third kappa shape index (κ3) is 6.40. The van der Waals surface area contributed by atoms with E-state index in [2.05, 4.69) is 301 Å². The van der Waals surface area contributed by atoms with Gasteiger partial charge >= 0.3 is 0 Å². The highest BCUT2D eigenvalue weighted by molar-refractivity contribution is 7.21. The average molecular weight is 909 g/mol. The molecule has 0 fully saturated rings. The number of rotatable bonds is 9. The van der Waals surface area contributed by atoms with E-state index >= 15 is 0 Å². The highest BCUT2D eigenvalue weighted by Crippen LogP contribution is 2.57. The quantitative estimate of drug-likeness (QED) is 0.133. The van der Waals surface area contributed by atoms with Crippen LogP contribution in [0.4, 0.5) is 34.1 Å². The summed E-state index contributed by atoms with van der Waals surface area (Å²) in [4.78, 5) is 4.89. The van der Waals surface area contributed by atoms with Crippen LogP contribution in [0.3, 0.4) is 0 Å². The molecule has 3 heteroatoms. The molecule has 0 N–H and O–H groups in total. The lowest BCUT2D eigenvalue weighted by molar-refractivity contribution is 0.768. The molecule has 0 atom stereocenters. The fraction of sp³-hybridized carbons (Fsp3) is 0.0149. The zero-order chi connectivity index (χ0) is 46.5. The van der Waals surface area contributed by atoms with Crippen LogP contribution in [0.5, 0.6) is 0 Å². The summed E-state index contributed by atoms with van der Waals surface area (Å²) in [6, 6.07) is 108. The van der Waals surface area contributed by atoms with Crippen molar-refractivity contribution in [2.45, 2.75) is 5.41 Å². The first-order valence-corrected chi connectivity index (χ1v) is 26.3. The van der Waals surface area contributed by atoms with Crippen molar-refractivity contribution in [2.75, 3.05) is 9.80 Å². The predicted molar refractivity (Wildman–Crippen MR) is 296 cm³/mol. The molecule has 330 valence electrons. The van der Waals surface area contributed by atoms with Crippen LogP contribution in [0, 0.1) is 0 Å². The van der Waals surface area contributed by atoms with Gasteiger partial charge in [0.15, 0.2) is 8.07 Å². The van der Waals surface area contributed by atoms with Crippen molar-refractivity contribution < 1.29 is 0 Å². The lowest BCUT2D eigenvalue weighted by atomic mass is 9.67. The fourth-order valence-electron chi connectivity index (χ4n) is 11.9. The van der Waals surface area contributed by atoms with E-state index in [4.69, 9.17) is 0 Å². The van der Waals surface area contributed by atoms with Crippen molar-refractivity contribution in [1.29, 1.82) is 0 Å². The molecule has 0 radical (unpaired) electrons. The average Bonchev–Trinajstić information content (AvgIpc) is 3.74. The third-order valence-corrected chi connectivity index (χ3v) is 19.6. The minimum absolute atomic E-state index is 0.502.